The minimum Gasteiger partial charge on any atom is -0.365 e. The second kappa shape index (κ2) is 4.58. The number of anilines is 1. The lowest BCUT2D eigenvalue weighted by Crippen LogP contribution is -2.45. The minimum atomic E-state index is 0.167. The van der Waals surface area contributed by atoms with Crippen molar-refractivity contribution in [2.45, 2.75) is 25.3 Å². The number of nitrogens with zero attached hydrogens (tertiary/aromatic N) is 1. The molecule has 1 aliphatic heterocycles. The lowest BCUT2D eigenvalue weighted by Gasteiger charge is -2.35. The number of hydrogen-bond acceptors (Lipinski definition) is 3. The molecule has 1 aliphatic rings. The van der Waals surface area contributed by atoms with E-state index in [-0.39, 0.29) is 5.54 Å². The number of para-hydroxylation sites is 1. The van der Waals surface area contributed by atoms with Crippen LogP contribution in [0.5, 0.6) is 0 Å². The third-order valence-corrected chi connectivity index (χ3v) is 3.74. The molecule has 0 amide bonds. The number of nitrogens with one attached hydrogen (secondary N) is 2. The quantitative estimate of drug-likeness (QED) is 0.849. The molecule has 0 spiro atoms. The molecule has 1 aromatic heterocycles. The highest BCUT2D eigenvalue weighted by molar-refractivity contribution is 5.80. The van der Waals surface area contributed by atoms with Gasteiger partial charge in [0.2, 0.25) is 0 Å². The Morgan fingerprint density at radius 1 is 1.11 bits per heavy atom. The fraction of sp³-hybridized carbons (Fsp3) is 0.400. The van der Waals surface area contributed by atoms with Crippen LogP contribution < -0.4 is 10.6 Å². The Hall–Kier alpha value is -1.61. The van der Waals surface area contributed by atoms with E-state index in [1.165, 1.54) is 5.39 Å². The molecule has 3 nitrogen and oxygen atoms in total. The monoisotopic (exact) mass is 241 g/mol. The molecule has 18 heavy (non-hydrogen) atoms. The molecule has 1 saturated heterocycles. The van der Waals surface area contributed by atoms with Crippen LogP contribution in [0.2, 0.25) is 0 Å². The Kier molecular flexibility index (Phi) is 2.92. The van der Waals surface area contributed by atoms with E-state index < -0.39 is 0 Å². The van der Waals surface area contributed by atoms with E-state index in [4.69, 9.17) is 0 Å². The van der Waals surface area contributed by atoms with E-state index >= 15 is 0 Å². The van der Waals surface area contributed by atoms with E-state index in [9.17, 15) is 0 Å². The zero-order valence-electron chi connectivity index (χ0n) is 10.7. The van der Waals surface area contributed by atoms with Crippen LogP contribution in [-0.2, 0) is 0 Å². The van der Waals surface area contributed by atoms with Gasteiger partial charge in [-0.15, -0.1) is 0 Å². The molecule has 0 aliphatic carbocycles. The minimum absolute atomic E-state index is 0.167. The van der Waals surface area contributed by atoms with Crippen LogP contribution in [0.3, 0.4) is 0 Å². The molecule has 1 aromatic carbocycles. The van der Waals surface area contributed by atoms with Crippen LogP contribution in [0.1, 0.15) is 19.8 Å². The smallest absolute Gasteiger partial charge is 0.127 e. The zero-order valence-corrected chi connectivity index (χ0v) is 10.7. The maximum Gasteiger partial charge on any atom is 0.127 e. The summed E-state index contributed by atoms with van der Waals surface area (Å²) in [4.78, 5) is 4.68. The molecule has 2 aromatic rings. The molecule has 0 unspecified atom stereocenters. The van der Waals surface area contributed by atoms with Crippen molar-refractivity contribution in [1.82, 2.24) is 10.3 Å². The molecule has 0 radical (unpaired) electrons. The first-order valence-electron chi connectivity index (χ1n) is 6.60. The molecule has 3 rings (SSSR count). The predicted octanol–water partition coefficient (Wildman–Crippen LogP) is 2.79. The summed E-state index contributed by atoms with van der Waals surface area (Å²) in [6.07, 6.45) is 2.28. The van der Waals surface area contributed by atoms with E-state index in [2.05, 4.69) is 46.8 Å². The lowest BCUT2D eigenvalue weighted by molar-refractivity contribution is 0.364. The summed E-state index contributed by atoms with van der Waals surface area (Å²) in [6, 6.07) is 12.4. The molecule has 0 bridgehead atoms. The van der Waals surface area contributed by atoms with Crippen LogP contribution in [0, 0.1) is 0 Å². The van der Waals surface area contributed by atoms with Crippen LogP contribution >= 0.6 is 0 Å². The van der Waals surface area contributed by atoms with E-state index in [1.54, 1.807) is 0 Å². The Labute approximate surface area is 108 Å². The topological polar surface area (TPSA) is 37.0 Å². The van der Waals surface area contributed by atoms with Crippen molar-refractivity contribution in [2.24, 2.45) is 0 Å². The molecule has 2 N–H and O–H groups in total. The van der Waals surface area contributed by atoms with Gasteiger partial charge < -0.3 is 10.6 Å². The summed E-state index contributed by atoms with van der Waals surface area (Å²) in [5.41, 5.74) is 1.22. The van der Waals surface area contributed by atoms with Crippen LogP contribution in [0.4, 0.5) is 5.82 Å². The fourth-order valence-corrected chi connectivity index (χ4v) is 2.55. The van der Waals surface area contributed by atoms with Gasteiger partial charge in [-0.25, -0.2) is 4.98 Å². The molecule has 0 saturated carbocycles. The first-order chi connectivity index (χ1) is 8.75. The number of fused-ring (bicyclic) bond motifs is 1. The summed E-state index contributed by atoms with van der Waals surface area (Å²) in [7, 11) is 0. The van der Waals surface area contributed by atoms with Gasteiger partial charge in [0.15, 0.2) is 0 Å². The summed E-state index contributed by atoms with van der Waals surface area (Å²) >= 11 is 0. The molecular weight excluding hydrogens is 222 g/mol. The average molecular weight is 241 g/mol. The van der Waals surface area contributed by atoms with Crippen molar-refractivity contribution in [1.29, 1.82) is 0 Å². The molecule has 3 heteroatoms. The average Bonchev–Trinajstić information content (AvgIpc) is 2.39. The summed E-state index contributed by atoms with van der Waals surface area (Å²) in [6.45, 7) is 4.44. The maximum absolute atomic E-state index is 4.68. The standard InChI is InChI=1S/C15H19N3/c1-15(8-10-16-11-9-15)18-14-7-6-12-4-2-3-5-13(12)17-14/h2-7,16H,8-11H2,1H3,(H,17,18). The van der Waals surface area contributed by atoms with Crippen molar-refractivity contribution in [3.05, 3.63) is 36.4 Å². The van der Waals surface area contributed by atoms with Gasteiger partial charge in [-0.1, -0.05) is 18.2 Å². The van der Waals surface area contributed by atoms with Gasteiger partial charge in [0.25, 0.3) is 0 Å². The Morgan fingerprint density at radius 2 is 1.89 bits per heavy atom. The zero-order chi connectivity index (χ0) is 12.4. The third-order valence-electron chi connectivity index (χ3n) is 3.74. The van der Waals surface area contributed by atoms with E-state index in [0.29, 0.717) is 0 Å². The lowest BCUT2D eigenvalue weighted by atomic mass is 9.90. The molecular formula is C15H19N3. The molecule has 0 atom stereocenters. The highest BCUT2D eigenvalue weighted by Crippen LogP contribution is 2.24. The number of pyridine rings is 1. The van der Waals surface area contributed by atoms with Gasteiger partial charge in [-0.2, -0.15) is 0 Å². The molecule has 2 heterocycles. The van der Waals surface area contributed by atoms with Crippen molar-refractivity contribution in [3.8, 4) is 0 Å². The van der Waals surface area contributed by atoms with Crippen molar-refractivity contribution in [3.63, 3.8) is 0 Å². The summed E-state index contributed by atoms with van der Waals surface area (Å²) in [5, 5.41) is 8.19. The largest absolute Gasteiger partial charge is 0.365 e. The van der Waals surface area contributed by atoms with Gasteiger partial charge in [-0.3, -0.25) is 0 Å². The first-order valence-corrected chi connectivity index (χ1v) is 6.60. The van der Waals surface area contributed by atoms with Gasteiger partial charge in [-0.05, 0) is 51.1 Å². The van der Waals surface area contributed by atoms with Crippen LogP contribution in [0.25, 0.3) is 10.9 Å². The van der Waals surface area contributed by atoms with E-state index in [1.807, 2.05) is 12.1 Å². The normalized spacial score (nSPS) is 18.7. The highest BCUT2D eigenvalue weighted by atomic mass is 15.1. The number of hydrogen-bond donors (Lipinski definition) is 2. The van der Waals surface area contributed by atoms with Gasteiger partial charge in [0.1, 0.15) is 5.82 Å². The maximum atomic E-state index is 4.68. The predicted molar refractivity (Wildman–Crippen MR) is 75.9 cm³/mol. The second-order valence-electron chi connectivity index (χ2n) is 5.32. The van der Waals surface area contributed by atoms with Crippen molar-refractivity contribution < 1.29 is 0 Å². The highest BCUT2D eigenvalue weighted by Gasteiger charge is 2.26. The van der Waals surface area contributed by atoms with Gasteiger partial charge >= 0.3 is 0 Å². The number of piperidine rings is 1. The van der Waals surface area contributed by atoms with Crippen LogP contribution in [0.15, 0.2) is 36.4 Å². The summed E-state index contributed by atoms with van der Waals surface area (Å²) < 4.78 is 0. The van der Waals surface area contributed by atoms with Crippen LogP contribution in [-0.4, -0.2) is 23.6 Å². The van der Waals surface area contributed by atoms with Crippen molar-refractivity contribution in [2.75, 3.05) is 18.4 Å². The Morgan fingerprint density at radius 3 is 2.72 bits per heavy atom. The summed E-state index contributed by atoms with van der Waals surface area (Å²) in [5.74, 6) is 0.984. The van der Waals surface area contributed by atoms with E-state index in [0.717, 1.165) is 37.3 Å². The Bertz CT molecular complexity index is 544. The number of rotatable bonds is 2. The van der Waals surface area contributed by atoms with Gasteiger partial charge in [0, 0.05) is 10.9 Å². The van der Waals surface area contributed by atoms with Crippen molar-refractivity contribution >= 4 is 16.7 Å². The second-order valence-corrected chi connectivity index (χ2v) is 5.32. The molecule has 94 valence electrons. The fourth-order valence-electron chi connectivity index (χ4n) is 2.55. The Balaban J connectivity index is 1.85. The third kappa shape index (κ3) is 2.31. The number of aromatic nitrogens is 1. The van der Waals surface area contributed by atoms with Gasteiger partial charge in [0.05, 0.1) is 5.52 Å². The number of benzene rings is 1. The first kappa shape index (κ1) is 11.5. The SMILES string of the molecule is CC1(Nc2ccc3ccccc3n2)CCNCC1. The molecule has 1 fully saturated rings.